The fourth-order valence-electron chi connectivity index (χ4n) is 3.95. The number of nitrogens with zero attached hydrogens (tertiary/aromatic N) is 2. The van der Waals surface area contributed by atoms with Crippen LogP contribution in [0, 0.1) is 5.92 Å². The molecule has 2 heterocycles. The van der Waals surface area contributed by atoms with Crippen LogP contribution in [0.4, 0.5) is 0 Å². The van der Waals surface area contributed by atoms with Gasteiger partial charge in [0.1, 0.15) is 12.5 Å². The highest BCUT2D eigenvalue weighted by Gasteiger charge is 2.58. The Bertz CT molecular complexity index is 987. The minimum atomic E-state index is -0.923. The van der Waals surface area contributed by atoms with E-state index in [1.165, 1.54) is 19.2 Å². The predicted molar refractivity (Wildman–Crippen MR) is 130 cm³/mol. The molecule has 2 amide bonds. The zero-order chi connectivity index (χ0) is 26.2. The van der Waals surface area contributed by atoms with E-state index in [9.17, 15) is 14.4 Å². The van der Waals surface area contributed by atoms with Gasteiger partial charge in [-0.1, -0.05) is 19.1 Å². The number of imide groups is 1. The summed E-state index contributed by atoms with van der Waals surface area (Å²) in [5, 5.41) is 1.52. The number of amides is 2. The summed E-state index contributed by atoms with van der Waals surface area (Å²) in [6.07, 6.45) is 3.40. The van der Waals surface area contributed by atoms with E-state index in [0.29, 0.717) is 29.0 Å². The molecular weight excluding hydrogens is 540 g/mol. The second kappa shape index (κ2) is 13.0. The molecule has 11 nitrogen and oxygen atoms in total. The number of allylic oxidation sites excluding steroid dienone is 1. The number of esters is 1. The van der Waals surface area contributed by atoms with Crippen molar-refractivity contribution in [2.75, 3.05) is 54.3 Å². The zero-order valence-corrected chi connectivity index (χ0v) is 22.3. The molecule has 2 saturated heterocycles. The van der Waals surface area contributed by atoms with Gasteiger partial charge >= 0.3 is 5.97 Å². The predicted octanol–water partition coefficient (Wildman–Crippen LogP) is 2.24. The highest BCUT2D eigenvalue weighted by atomic mass is 79.9. The smallest absolute Gasteiger partial charge is 0.344 e. The summed E-state index contributed by atoms with van der Waals surface area (Å²) in [6, 6.07) is 2.83. The van der Waals surface area contributed by atoms with Crippen molar-refractivity contribution in [3.05, 3.63) is 34.4 Å². The Morgan fingerprint density at radius 1 is 1.14 bits per heavy atom. The van der Waals surface area contributed by atoms with Gasteiger partial charge < -0.3 is 23.7 Å². The summed E-state index contributed by atoms with van der Waals surface area (Å²) in [5.41, 5.74) is 0.635. The van der Waals surface area contributed by atoms with E-state index < -0.39 is 29.9 Å². The van der Waals surface area contributed by atoms with Crippen LogP contribution in [0.5, 0.6) is 11.5 Å². The molecule has 0 saturated carbocycles. The number of benzene rings is 1. The molecule has 12 heteroatoms. The van der Waals surface area contributed by atoms with E-state index in [-0.39, 0.29) is 31.5 Å². The molecule has 2 aliphatic heterocycles. The molecule has 3 rings (SSSR count). The van der Waals surface area contributed by atoms with Gasteiger partial charge in [-0.3, -0.25) is 24.4 Å². The van der Waals surface area contributed by atoms with Crippen LogP contribution in [-0.2, 0) is 33.4 Å². The summed E-state index contributed by atoms with van der Waals surface area (Å²) < 4.78 is 26.9. The number of hydroxylamine groups is 2. The number of fused-ring (bicyclic) bond motifs is 1. The van der Waals surface area contributed by atoms with Crippen LogP contribution >= 0.6 is 15.9 Å². The zero-order valence-electron chi connectivity index (χ0n) is 20.7. The van der Waals surface area contributed by atoms with Crippen LogP contribution in [0.25, 0.3) is 0 Å². The number of likely N-dealkylation sites (tertiary alicyclic amines) is 1. The maximum absolute atomic E-state index is 12.9. The number of hydrogen-bond acceptors (Lipinski definition) is 10. The molecule has 0 N–H and O–H groups in total. The van der Waals surface area contributed by atoms with Crippen LogP contribution in [-0.4, -0.2) is 88.2 Å². The molecular formula is C24H31BrN2O9. The first-order valence-electron chi connectivity index (χ1n) is 11.5. The molecule has 1 aromatic rings. The standard InChI is InChI=1S/C24H31BrN2O9/c1-5-6-9-27-20(18-22(36-27)24(30)26(2)23(18)29)15-7-8-16(32-4)21(19(15)25)35-14-17(28)34-13-12-33-11-10-31-3/h6-9,18,20,22H,5,10-14H2,1-4H3/b9-6+/t18-,20+,22+/m0/s1. The van der Waals surface area contributed by atoms with Crippen molar-refractivity contribution in [3.8, 4) is 11.5 Å². The fourth-order valence-corrected chi connectivity index (χ4v) is 4.63. The van der Waals surface area contributed by atoms with Crippen LogP contribution in [0.15, 0.2) is 28.9 Å². The van der Waals surface area contributed by atoms with Gasteiger partial charge in [0.15, 0.2) is 24.2 Å². The first-order valence-corrected chi connectivity index (χ1v) is 12.3. The van der Waals surface area contributed by atoms with Crippen molar-refractivity contribution in [2.45, 2.75) is 25.5 Å². The van der Waals surface area contributed by atoms with Crippen LogP contribution in [0.3, 0.4) is 0 Å². The Balaban J connectivity index is 1.79. The number of likely N-dealkylation sites (N-methyl/N-ethyl adjacent to an activating group) is 1. The molecule has 0 bridgehead atoms. The largest absolute Gasteiger partial charge is 0.493 e. The van der Waals surface area contributed by atoms with Crippen molar-refractivity contribution < 1.29 is 42.9 Å². The average molecular weight is 571 g/mol. The van der Waals surface area contributed by atoms with Gasteiger partial charge in [0.25, 0.3) is 5.91 Å². The van der Waals surface area contributed by atoms with Crippen molar-refractivity contribution in [1.82, 2.24) is 9.96 Å². The minimum Gasteiger partial charge on any atom is -0.493 e. The number of halogens is 1. The minimum absolute atomic E-state index is 0.0785. The third-order valence-electron chi connectivity index (χ3n) is 5.74. The van der Waals surface area contributed by atoms with Crippen molar-refractivity contribution >= 4 is 33.7 Å². The van der Waals surface area contributed by atoms with Gasteiger partial charge in [-0.2, -0.15) is 0 Å². The lowest BCUT2D eigenvalue weighted by atomic mass is 9.90. The topological polar surface area (TPSA) is 113 Å². The molecule has 3 atom stereocenters. The van der Waals surface area contributed by atoms with E-state index in [4.69, 9.17) is 28.5 Å². The number of carbonyl (C=O) groups is 3. The number of methoxy groups -OCH3 is 2. The fraction of sp³-hybridized carbons (Fsp3) is 0.542. The maximum Gasteiger partial charge on any atom is 0.344 e. The van der Waals surface area contributed by atoms with E-state index in [1.54, 1.807) is 25.4 Å². The van der Waals surface area contributed by atoms with Crippen molar-refractivity contribution in [2.24, 2.45) is 5.92 Å². The Kier molecular flexibility index (Phi) is 10.1. The molecule has 0 aromatic heterocycles. The maximum atomic E-state index is 12.9. The van der Waals surface area contributed by atoms with E-state index in [0.717, 1.165) is 11.3 Å². The normalized spacial score (nSPS) is 21.4. The third kappa shape index (κ3) is 6.00. The summed E-state index contributed by atoms with van der Waals surface area (Å²) in [4.78, 5) is 44.7. The van der Waals surface area contributed by atoms with Gasteiger partial charge in [0, 0.05) is 20.4 Å². The molecule has 0 unspecified atom stereocenters. The SMILES string of the molecule is CC/C=C/N1O[C@H]2C(=O)N(C)C(=O)[C@H]2[C@H]1c1ccc(OC)c(OCC(=O)OCCOCCOC)c1Br. The van der Waals surface area contributed by atoms with E-state index in [2.05, 4.69) is 15.9 Å². The molecule has 2 aliphatic rings. The lowest BCUT2D eigenvalue weighted by Crippen LogP contribution is -2.33. The second-order valence-electron chi connectivity index (χ2n) is 8.00. The number of carbonyl (C=O) groups excluding carboxylic acids is 3. The highest BCUT2D eigenvalue weighted by molar-refractivity contribution is 9.10. The highest BCUT2D eigenvalue weighted by Crippen LogP contribution is 2.49. The molecule has 0 spiro atoms. The van der Waals surface area contributed by atoms with E-state index >= 15 is 0 Å². The third-order valence-corrected chi connectivity index (χ3v) is 6.56. The van der Waals surface area contributed by atoms with Crippen LogP contribution in [0.2, 0.25) is 0 Å². The first kappa shape index (κ1) is 27.9. The molecule has 0 aliphatic carbocycles. The summed E-state index contributed by atoms with van der Waals surface area (Å²) in [6.45, 7) is 2.77. The summed E-state index contributed by atoms with van der Waals surface area (Å²) in [5.74, 6) is -1.42. The molecule has 1 aromatic carbocycles. The quantitative estimate of drug-likeness (QED) is 0.199. The van der Waals surface area contributed by atoms with Crippen LogP contribution < -0.4 is 9.47 Å². The molecule has 36 heavy (non-hydrogen) atoms. The summed E-state index contributed by atoms with van der Waals surface area (Å²) in [7, 11) is 4.49. The summed E-state index contributed by atoms with van der Waals surface area (Å²) >= 11 is 3.56. The lowest BCUT2D eigenvalue weighted by Gasteiger charge is -2.27. The average Bonchev–Trinajstić information content (AvgIpc) is 3.34. The van der Waals surface area contributed by atoms with Gasteiger partial charge in [0.05, 0.1) is 37.4 Å². The molecule has 0 radical (unpaired) electrons. The Labute approximate surface area is 218 Å². The number of rotatable bonds is 13. The van der Waals surface area contributed by atoms with Gasteiger partial charge in [-0.15, -0.1) is 0 Å². The van der Waals surface area contributed by atoms with Crippen molar-refractivity contribution in [3.63, 3.8) is 0 Å². The molecule has 198 valence electrons. The van der Waals surface area contributed by atoms with Crippen LogP contribution in [0.1, 0.15) is 24.9 Å². The monoisotopic (exact) mass is 570 g/mol. The molecule has 2 fully saturated rings. The second-order valence-corrected chi connectivity index (χ2v) is 8.79. The van der Waals surface area contributed by atoms with E-state index in [1.807, 2.05) is 13.0 Å². The Hall–Kier alpha value is -2.67. The van der Waals surface area contributed by atoms with Gasteiger partial charge in [0.2, 0.25) is 5.91 Å². The first-order chi connectivity index (χ1) is 17.3. The van der Waals surface area contributed by atoms with Gasteiger partial charge in [-0.05, 0) is 34.0 Å². The Morgan fingerprint density at radius 3 is 2.58 bits per heavy atom. The Morgan fingerprint density at radius 2 is 1.89 bits per heavy atom. The number of hydrogen-bond donors (Lipinski definition) is 0. The van der Waals surface area contributed by atoms with Gasteiger partial charge in [-0.25, -0.2) is 4.79 Å². The van der Waals surface area contributed by atoms with Crippen molar-refractivity contribution in [1.29, 1.82) is 0 Å². The number of ether oxygens (including phenoxy) is 5. The lowest BCUT2D eigenvalue weighted by molar-refractivity contribution is -0.161.